The zero-order valence-corrected chi connectivity index (χ0v) is 11.5. The summed E-state index contributed by atoms with van der Waals surface area (Å²) in [7, 11) is 0. The van der Waals surface area contributed by atoms with Crippen molar-refractivity contribution in [1.82, 2.24) is 4.98 Å². The summed E-state index contributed by atoms with van der Waals surface area (Å²) >= 11 is 0. The average molecular weight is 277 g/mol. The average Bonchev–Trinajstić information content (AvgIpc) is 3.01. The molecule has 1 aromatic heterocycles. The van der Waals surface area contributed by atoms with E-state index in [0.717, 1.165) is 40.7 Å². The molecule has 1 N–H and O–H groups in total. The standard InChI is InChI=1S/C18H15NO2/c20-18(13-4-5-17-12(10-13)7-9-21-17)16-3-1-2-14-11-19-8-6-15(14)16/h1-6,8,10-11,18,20H,7,9H2. The highest BCUT2D eigenvalue weighted by atomic mass is 16.5. The number of rotatable bonds is 2. The minimum Gasteiger partial charge on any atom is -0.493 e. The smallest absolute Gasteiger partial charge is 0.122 e. The van der Waals surface area contributed by atoms with Crippen LogP contribution < -0.4 is 4.74 Å². The molecule has 2 aromatic carbocycles. The molecule has 1 atom stereocenters. The first-order valence-electron chi connectivity index (χ1n) is 7.09. The van der Waals surface area contributed by atoms with Crippen LogP contribution in [0.3, 0.4) is 0 Å². The van der Waals surface area contributed by atoms with Crippen molar-refractivity contribution in [3.63, 3.8) is 0 Å². The van der Waals surface area contributed by atoms with Gasteiger partial charge in [0.1, 0.15) is 11.9 Å². The Balaban J connectivity index is 1.81. The van der Waals surface area contributed by atoms with Crippen LogP contribution in [-0.2, 0) is 6.42 Å². The molecule has 0 spiro atoms. The monoisotopic (exact) mass is 277 g/mol. The molecule has 3 aromatic rings. The van der Waals surface area contributed by atoms with E-state index in [2.05, 4.69) is 4.98 Å². The van der Waals surface area contributed by atoms with Crippen molar-refractivity contribution in [3.05, 3.63) is 71.5 Å². The van der Waals surface area contributed by atoms with E-state index >= 15 is 0 Å². The van der Waals surface area contributed by atoms with E-state index in [0.29, 0.717) is 0 Å². The molecular weight excluding hydrogens is 262 g/mol. The normalized spacial score (nSPS) is 14.7. The van der Waals surface area contributed by atoms with Gasteiger partial charge in [0.2, 0.25) is 0 Å². The molecule has 0 aliphatic carbocycles. The van der Waals surface area contributed by atoms with Crippen LogP contribution >= 0.6 is 0 Å². The molecule has 0 radical (unpaired) electrons. The van der Waals surface area contributed by atoms with Crippen LogP contribution in [-0.4, -0.2) is 16.7 Å². The number of fused-ring (bicyclic) bond motifs is 2. The molecular formula is C18H15NO2. The molecule has 1 unspecified atom stereocenters. The Kier molecular flexibility index (Phi) is 2.86. The van der Waals surface area contributed by atoms with Gasteiger partial charge in [-0.05, 0) is 40.3 Å². The van der Waals surface area contributed by atoms with Gasteiger partial charge in [0.05, 0.1) is 6.61 Å². The lowest BCUT2D eigenvalue weighted by Crippen LogP contribution is -2.01. The van der Waals surface area contributed by atoms with Crippen molar-refractivity contribution >= 4 is 10.8 Å². The molecule has 0 bridgehead atoms. The summed E-state index contributed by atoms with van der Waals surface area (Å²) in [6.07, 6.45) is 3.86. The molecule has 2 heterocycles. The summed E-state index contributed by atoms with van der Waals surface area (Å²) in [5.41, 5.74) is 2.99. The Bertz CT molecular complexity index is 808. The van der Waals surface area contributed by atoms with Crippen molar-refractivity contribution < 1.29 is 9.84 Å². The van der Waals surface area contributed by atoms with Gasteiger partial charge in [-0.15, -0.1) is 0 Å². The number of benzene rings is 2. The lowest BCUT2D eigenvalue weighted by molar-refractivity contribution is 0.222. The SMILES string of the molecule is OC(c1ccc2c(c1)CCO2)c1cccc2cnccc12. The minimum atomic E-state index is -0.637. The summed E-state index contributed by atoms with van der Waals surface area (Å²) in [4.78, 5) is 4.14. The van der Waals surface area contributed by atoms with Gasteiger partial charge < -0.3 is 9.84 Å². The third kappa shape index (κ3) is 2.06. The van der Waals surface area contributed by atoms with Crippen molar-refractivity contribution in [3.8, 4) is 5.75 Å². The van der Waals surface area contributed by atoms with Crippen molar-refractivity contribution in [1.29, 1.82) is 0 Å². The molecule has 104 valence electrons. The van der Waals surface area contributed by atoms with Crippen molar-refractivity contribution in [2.24, 2.45) is 0 Å². The van der Waals surface area contributed by atoms with Gasteiger partial charge in [-0.25, -0.2) is 0 Å². The number of hydrogen-bond donors (Lipinski definition) is 1. The van der Waals surface area contributed by atoms with Crippen LogP contribution in [0, 0.1) is 0 Å². The third-order valence-corrected chi connectivity index (χ3v) is 4.04. The van der Waals surface area contributed by atoms with Gasteiger partial charge in [0.25, 0.3) is 0 Å². The fourth-order valence-corrected chi connectivity index (χ4v) is 2.94. The highest BCUT2D eigenvalue weighted by Gasteiger charge is 2.18. The molecule has 3 nitrogen and oxygen atoms in total. The van der Waals surface area contributed by atoms with Gasteiger partial charge in [0.15, 0.2) is 0 Å². The lowest BCUT2D eigenvalue weighted by Gasteiger charge is -2.15. The maximum absolute atomic E-state index is 10.8. The largest absolute Gasteiger partial charge is 0.493 e. The first-order chi connectivity index (χ1) is 10.3. The molecule has 1 aliphatic rings. The first kappa shape index (κ1) is 12.4. The highest BCUT2D eigenvalue weighted by Crippen LogP contribution is 2.32. The zero-order chi connectivity index (χ0) is 14.2. The second kappa shape index (κ2) is 4.86. The minimum absolute atomic E-state index is 0.637. The van der Waals surface area contributed by atoms with E-state index in [9.17, 15) is 5.11 Å². The van der Waals surface area contributed by atoms with Gasteiger partial charge in [-0.2, -0.15) is 0 Å². The predicted molar refractivity (Wildman–Crippen MR) is 81.4 cm³/mol. The third-order valence-electron chi connectivity index (χ3n) is 4.04. The van der Waals surface area contributed by atoms with Gasteiger partial charge in [-0.3, -0.25) is 4.98 Å². The molecule has 0 fully saturated rings. The molecule has 0 amide bonds. The molecule has 3 heteroatoms. The topological polar surface area (TPSA) is 42.4 Å². The Morgan fingerprint density at radius 1 is 1.14 bits per heavy atom. The summed E-state index contributed by atoms with van der Waals surface area (Å²) in [5.74, 6) is 0.938. The molecule has 0 saturated heterocycles. The summed E-state index contributed by atoms with van der Waals surface area (Å²) in [6.45, 7) is 0.731. The first-order valence-corrected chi connectivity index (χ1v) is 7.09. The predicted octanol–water partition coefficient (Wildman–Crippen LogP) is 3.25. The van der Waals surface area contributed by atoms with Crippen LogP contribution in [0.2, 0.25) is 0 Å². The van der Waals surface area contributed by atoms with Crippen LogP contribution in [0.15, 0.2) is 54.9 Å². The van der Waals surface area contributed by atoms with Gasteiger partial charge >= 0.3 is 0 Å². The fourth-order valence-electron chi connectivity index (χ4n) is 2.94. The number of hydrogen-bond acceptors (Lipinski definition) is 3. The van der Waals surface area contributed by atoms with E-state index in [4.69, 9.17) is 4.74 Å². The lowest BCUT2D eigenvalue weighted by atomic mass is 9.95. The zero-order valence-electron chi connectivity index (χ0n) is 11.5. The fraction of sp³-hybridized carbons (Fsp3) is 0.167. The van der Waals surface area contributed by atoms with Gasteiger partial charge in [0, 0.05) is 24.2 Å². The van der Waals surface area contributed by atoms with Crippen LogP contribution in [0.25, 0.3) is 10.8 Å². The number of aliphatic hydroxyl groups excluding tert-OH is 1. The maximum atomic E-state index is 10.8. The number of aromatic nitrogens is 1. The Morgan fingerprint density at radius 3 is 3.05 bits per heavy atom. The van der Waals surface area contributed by atoms with Crippen LogP contribution in [0.5, 0.6) is 5.75 Å². The highest BCUT2D eigenvalue weighted by molar-refractivity contribution is 5.85. The van der Waals surface area contributed by atoms with Gasteiger partial charge in [-0.1, -0.05) is 24.3 Å². The summed E-state index contributed by atoms with van der Waals surface area (Å²) in [5, 5.41) is 12.8. The number of aliphatic hydroxyl groups is 1. The van der Waals surface area contributed by atoms with E-state index in [1.165, 1.54) is 5.56 Å². The van der Waals surface area contributed by atoms with Crippen LogP contribution in [0.1, 0.15) is 22.8 Å². The second-order valence-corrected chi connectivity index (χ2v) is 5.31. The van der Waals surface area contributed by atoms with E-state index in [1.807, 2.05) is 48.7 Å². The number of ether oxygens (including phenoxy) is 1. The quantitative estimate of drug-likeness (QED) is 0.782. The number of pyridine rings is 1. The van der Waals surface area contributed by atoms with Crippen molar-refractivity contribution in [2.45, 2.75) is 12.5 Å². The molecule has 0 saturated carbocycles. The summed E-state index contributed by atoms with van der Waals surface area (Å²) in [6, 6.07) is 13.8. The van der Waals surface area contributed by atoms with Crippen LogP contribution in [0.4, 0.5) is 0 Å². The summed E-state index contributed by atoms with van der Waals surface area (Å²) < 4.78 is 5.52. The maximum Gasteiger partial charge on any atom is 0.122 e. The second-order valence-electron chi connectivity index (χ2n) is 5.31. The van der Waals surface area contributed by atoms with E-state index in [1.54, 1.807) is 6.20 Å². The molecule has 4 rings (SSSR count). The molecule has 21 heavy (non-hydrogen) atoms. The Hall–Kier alpha value is -2.39. The van der Waals surface area contributed by atoms with Crippen molar-refractivity contribution in [2.75, 3.05) is 6.61 Å². The van der Waals surface area contributed by atoms with E-state index in [-0.39, 0.29) is 0 Å². The Labute approximate surface area is 122 Å². The van der Waals surface area contributed by atoms with E-state index < -0.39 is 6.10 Å². The Morgan fingerprint density at radius 2 is 2.10 bits per heavy atom. The molecule has 1 aliphatic heterocycles. The number of nitrogens with zero attached hydrogens (tertiary/aromatic N) is 1.